The third-order valence-electron chi connectivity index (χ3n) is 6.55. The lowest BCUT2D eigenvalue weighted by atomic mass is 9.51. The highest BCUT2D eigenvalue weighted by Crippen LogP contribution is 2.57. The van der Waals surface area contributed by atoms with E-state index >= 15 is 0 Å². The van der Waals surface area contributed by atoms with E-state index in [2.05, 4.69) is 11.5 Å². The number of Topliss-reactive ketones (excluding diaryl/α,β-unsaturated/α-hetero) is 1. The number of aliphatic hydroxyl groups is 1. The summed E-state index contributed by atoms with van der Waals surface area (Å²) in [5.41, 5.74) is 1.96. The second-order valence-corrected chi connectivity index (χ2v) is 8.36. The Labute approximate surface area is 131 Å². The number of carbonyl (C=O) groups is 1. The quantitative estimate of drug-likeness (QED) is 0.827. The van der Waals surface area contributed by atoms with Crippen molar-refractivity contribution in [1.29, 1.82) is 5.26 Å². The van der Waals surface area contributed by atoms with Gasteiger partial charge in [0.15, 0.2) is 11.3 Å². The van der Waals surface area contributed by atoms with Crippen LogP contribution in [-0.4, -0.2) is 39.1 Å². The molecule has 2 unspecified atom stereocenters. The predicted octanol–water partition coefficient (Wildman–Crippen LogP) is 1.52. The van der Waals surface area contributed by atoms with E-state index in [0.29, 0.717) is 18.3 Å². The molecule has 0 aromatic rings. The smallest absolute Gasteiger partial charge is 0.180 e. The molecule has 120 valence electrons. The lowest BCUT2D eigenvalue weighted by Gasteiger charge is -2.61. The number of nitriles is 1. The van der Waals surface area contributed by atoms with Crippen LogP contribution in [0.25, 0.3) is 0 Å². The molecule has 0 aromatic carbocycles. The Balaban J connectivity index is 1.61. The summed E-state index contributed by atoms with van der Waals surface area (Å²) in [6.45, 7) is 2.26. The Bertz CT molecular complexity index is 541. The number of carbonyl (C=O) groups excluding carboxylic acids is 1. The highest BCUT2D eigenvalue weighted by atomic mass is 16.3. The fourth-order valence-electron chi connectivity index (χ4n) is 6.16. The van der Waals surface area contributed by atoms with Gasteiger partial charge in [-0.15, -0.1) is 0 Å². The number of hydrogen-bond donors (Lipinski definition) is 2. The average Bonchev–Trinajstić information content (AvgIpc) is 2.78. The molecule has 4 saturated carbocycles. The van der Waals surface area contributed by atoms with Crippen LogP contribution in [0.1, 0.15) is 58.3 Å². The second kappa shape index (κ2) is 4.53. The second-order valence-electron chi connectivity index (χ2n) is 8.36. The van der Waals surface area contributed by atoms with Crippen LogP contribution < -0.4 is 5.43 Å². The van der Waals surface area contributed by atoms with Gasteiger partial charge in [-0.05, 0) is 70.1 Å². The average molecular weight is 303 g/mol. The SMILES string of the molecule is CC(=O)[C@@]1(C#N)CCCN1NC12CC3CC(CC(O)(C3)C1)C2. The Morgan fingerprint density at radius 2 is 2.00 bits per heavy atom. The minimum atomic E-state index is -1.01. The van der Waals surface area contributed by atoms with Gasteiger partial charge in [0.2, 0.25) is 0 Å². The van der Waals surface area contributed by atoms with Crippen LogP contribution in [0.4, 0.5) is 0 Å². The van der Waals surface area contributed by atoms with E-state index in [4.69, 9.17) is 0 Å². The standard InChI is InChI=1S/C17H25N3O2/c1-12(21)17(11-18)3-2-4-20(17)19-15-6-13-5-14(7-15)9-16(22,8-13)10-15/h13-14,19,22H,2-10H2,1H3/t13?,14?,15?,16?,17-/m0/s1. The third-order valence-corrected chi connectivity index (χ3v) is 6.55. The molecule has 1 heterocycles. The fraction of sp³-hybridized carbons (Fsp3) is 0.882. The van der Waals surface area contributed by atoms with E-state index in [-0.39, 0.29) is 11.3 Å². The number of hydrazine groups is 1. The zero-order valence-electron chi connectivity index (χ0n) is 13.3. The van der Waals surface area contributed by atoms with Gasteiger partial charge in [-0.25, -0.2) is 10.4 Å². The molecule has 4 aliphatic carbocycles. The maximum Gasteiger partial charge on any atom is 0.180 e. The first-order valence-electron chi connectivity index (χ1n) is 8.59. The van der Waals surface area contributed by atoms with E-state index in [1.165, 1.54) is 13.3 Å². The molecule has 1 aliphatic heterocycles. The van der Waals surface area contributed by atoms with Gasteiger partial charge in [-0.3, -0.25) is 4.79 Å². The molecule has 0 amide bonds. The summed E-state index contributed by atoms with van der Waals surface area (Å²) >= 11 is 0. The lowest BCUT2D eigenvalue weighted by Crippen LogP contribution is -2.70. The van der Waals surface area contributed by atoms with Crippen molar-refractivity contribution in [3.63, 3.8) is 0 Å². The first-order valence-corrected chi connectivity index (χ1v) is 8.59. The van der Waals surface area contributed by atoms with E-state index in [1.54, 1.807) is 0 Å². The number of hydrogen-bond acceptors (Lipinski definition) is 5. The number of nitrogens with zero attached hydrogens (tertiary/aromatic N) is 2. The summed E-state index contributed by atoms with van der Waals surface area (Å²) in [7, 11) is 0. The highest BCUT2D eigenvalue weighted by Gasteiger charge is 2.59. The van der Waals surface area contributed by atoms with Crippen molar-refractivity contribution in [3.05, 3.63) is 0 Å². The molecule has 2 N–H and O–H groups in total. The highest BCUT2D eigenvalue weighted by molar-refractivity contribution is 5.89. The Hall–Kier alpha value is -0.960. The van der Waals surface area contributed by atoms with Crippen LogP contribution in [0, 0.1) is 23.2 Å². The molecule has 5 heteroatoms. The van der Waals surface area contributed by atoms with Gasteiger partial charge >= 0.3 is 0 Å². The molecule has 22 heavy (non-hydrogen) atoms. The monoisotopic (exact) mass is 303 g/mol. The van der Waals surface area contributed by atoms with E-state index in [0.717, 1.165) is 45.1 Å². The van der Waals surface area contributed by atoms with Crippen LogP contribution in [0.3, 0.4) is 0 Å². The zero-order valence-corrected chi connectivity index (χ0v) is 13.3. The molecule has 0 aromatic heterocycles. The summed E-state index contributed by atoms with van der Waals surface area (Å²) in [6, 6.07) is 2.27. The van der Waals surface area contributed by atoms with Gasteiger partial charge in [0.1, 0.15) is 0 Å². The molecule has 4 bridgehead atoms. The maximum atomic E-state index is 12.1. The Morgan fingerprint density at radius 3 is 2.55 bits per heavy atom. The molecule has 0 radical (unpaired) electrons. The van der Waals surface area contributed by atoms with Crippen LogP contribution in [0.15, 0.2) is 0 Å². The number of rotatable bonds is 3. The molecule has 5 nitrogen and oxygen atoms in total. The first kappa shape index (κ1) is 14.6. The molecule has 5 aliphatic rings. The third kappa shape index (κ3) is 1.97. The fourth-order valence-corrected chi connectivity index (χ4v) is 6.16. The molecule has 5 rings (SSSR count). The lowest BCUT2D eigenvalue weighted by molar-refractivity contribution is -0.162. The summed E-state index contributed by atoms with van der Waals surface area (Å²) in [6.07, 6.45) is 7.49. The van der Waals surface area contributed by atoms with Crippen LogP contribution >= 0.6 is 0 Å². The Morgan fingerprint density at radius 1 is 1.32 bits per heavy atom. The zero-order chi connectivity index (χ0) is 15.6. The van der Waals surface area contributed by atoms with E-state index in [9.17, 15) is 15.2 Å². The van der Waals surface area contributed by atoms with Gasteiger partial charge in [0.05, 0.1) is 11.7 Å². The van der Waals surface area contributed by atoms with Crippen molar-refractivity contribution in [1.82, 2.24) is 10.4 Å². The molecule has 5 fully saturated rings. The van der Waals surface area contributed by atoms with Crippen LogP contribution in [-0.2, 0) is 4.79 Å². The van der Waals surface area contributed by atoms with Gasteiger partial charge in [-0.2, -0.15) is 5.26 Å². The minimum Gasteiger partial charge on any atom is -0.390 e. The molecule has 1 saturated heterocycles. The largest absolute Gasteiger partial charge is 0.390 e. The summed E-state index contributed by atoms with van der Waals surface area (Å²) < 4.78 is 0. The van der Waals surface area contributed by atoms with E-state index in [1.807, 2.05) is 5.01 Å². The van der Waals surface area contributed by atoms with Crippen LogP contribution in [0.2, 0.25) is 0 Å². The first-order chi connectivity index (χ1) is 10.4. The minimum absolute atomic E-state index is 0.0663. The molecular formula is C17H25N3O2. The van der Waals surface area contributed by atoms with Gasteiger partial charge in [0.25, 0.3) is 0 Å². The van der Waals surface area contributed by atoms with E-state index < -0.39 is 11.1 Å². The topological polar surface area (TPSA) is 76.4 Å². The predicted molar refractivity (Wildman–Crippen MR) is 80.5 cm³/mol. The van der Waals surface area contributed by atoms with Crippen molar-refractivity contribution >= 4 is 5.78 Å². The molecular weight excluding hydrogens is 278 g/mol. The van der Waals surface area contributed by atoms with Crippen LogP contribution in [0.5, 0.6) is 0 Å². The molecule has 3 atom stereocenters. The summed E-state index contributed by atoms with van der Waals surface area (Å²) in [5, 5.41) is 22.4. The number of nitrogens with one attached hydrogen (secondary N) is 1. The summed E-state index contributed by atoms with van der Waals surface area (Å²) in [4.78, 5) is 12.1. The van der Waals surface area contributed by atoms with Crippen molar-refractivity contribution in [2.75, 3.05) is 6.54 Å². The normalized spacial score (nSPS) is 50.2. The number of ketones is 1. The van der Waals surface area contributed by atoms with Crippen molar-refractivity contribution in [3.8, 4) is 6.07 Å². The van der Waals surface area contributed by atoms with Gasteiger partial charge in [0, 0.05) is 12.1 Å². The van der Waals surface area contributed by atoms with Crippen molar-refractivity contribution in [2.24, 2.45) is 11.8 Å². The summed E-state index contributed by atoms with van der Waals surface area (Å²) in [5.74, 6) is 1.12. The maximum absolute atomic E-state index is 12.1. The van der Waals surface area contributed by atoms with Gasteiger partial charge in [-0.1, -0.05) is 0 Å². The van der Waals surface area contributed by atoms with Crippen molar-refractivity contribution in [2.45, 2.75) is 75.0 Å². The molecule has 0 spiro atoms. The van der Waals surface area contributed by atoms with Gasteiger partial charge < -0.3 is 5.11 Å². The Kier molecular flexibility index (Phi) is 3.01. The van der Waals surface area contributed by atoms with Crippen molar-refractivity contribution < 1.29 is 9.90 Å².